The second kappa shape index (κ2) is 9.01. The Morgan fingerprint density at radius 1 is 1.71 bits per heavy atom. The predicted molar refractivity (Wildman–Crippen MR) is 65.7 cm³/mol. The topological polar surface area (TPSA) is 63.0 Å². The van der Waals surface area contributed by atoms with Crippen LogP contribution in [-0.2, 0) is 6.54 Å². The third-order valence-electron chi connectivity index (χ3n) is 1.31. The lowest BCUT2D eigenvalue weighted by atomic mass is 10.3. The van der Waals surface area contributed by atoms with Crippen molar-refractivity contribution in [3.63, 3.8) is 0 Å². The summed E-state index contributed by atoms with van der Waals surface area (Å²) < 4.78 is 1.03. The van der Waals surface area contributed by atoms with Crippen molar-refractivity contribution in [3.05, 3.63) is 28.5 Å². The number of nitrogens with zero attached hydrogens (tertiary/aromatic N) is 1. The number of hydrogen-bond acceptors (Lipinski definition) is 4. The monoisotopic (exact) mass is 276 g/mol. The fraction of sp³-hybridized carbons (Fsp3) is 0.250. The summed E-state index contributed by atoms with van der Waals surface area (Å²) in [6.07, 6.45) is 3.56. The molecule has 1 heterocycles. The smallest absolute Gasteiger partial charge is 0.0588 e. The lowest BCUT2D eigenvalue weighted by Gasteiger charge is -2.03. The van der Waals surface area contributed by atoms with Gasteiger partial charge in [0, 0.05) is 23.4 Å². The zero-order valence-corrected chi connectivity index (χ0v) is 10.2. The van der Waals surface area contributed by atoms with E-state index >= 15 is 0 Å². The van der Waals surface area contributed by atoms with Gasteiger partial charge in [0.1, 0.15) is 0 Å². The van der Waals surface area contributed by atoms with E-state index in [1.54, 1.807) is 12.4 Å². The number of thiocarbonyl (C=S) groups is 1. The minimum atomic E-state index is 0.791. The molecule has 0 bridgehead atoms. The van der Waals surface area contributed by atoms with Crippen molar-refractivity contribution in [1.82, 2.24) is 15.8 Å². The normalized spacial score (nSPS) is 8.71. The van der Waals surface area contributed by atoms with E-state index in [-0.39, 0.29) is 0 Å². The molecule has 0 radical (unpaired) electrons. The first kappa shape index (κ1) is 13.4. The average molecular weight is 277 g/mol. The summed E-state index contributed by atoms with van der Waals surface area (Å²) >= 11 is 7.44. The van der Waals surface area contributed by atoms with Crippen LogP contribution in [0.1, 0.15) is 5.56 Å². The van der Waals surface area contributed by atoms with E-state index in [1.807, 2.05) is 13.1 Å². The van der Waals surface area contributed by atoms with Gasteiger partial charge in [0.2, 0.25) is 0 Å². The van der Waals surface area contributed by atoms with Crippen LogP contribution in [-0.4, -0.2) is 17.5 Å². The highest BCUT2D eigenvalue weighted by Gasteiger charge is 1.95. The average Bonchev–Trinajstić information content (AvgIpc) is 2.18. The maximum Gasteiger partial charge on any atom is 0.0588 e. The first-order valence-corrected chi connectivity index (χ1v) is 5.16. The minimum Gasteiger partial charge on any atom is -0.396 e. The molecule has 1 aromatic rings. The molecule has 1 rings (SSSR count). The quantitative estimate of drug-likeness (QED) is 0.567. The van der Waals surface area contributed by atoms with E-state index in [1.165, 1.54) is 5.56 Å². The summed E-state index contributed by atoms with van der Waals surface area (Å²) in [7, 11) is 1.84. The molecular formula is C8H13BrN4S. The Kier molecular flexibility index (Phi) is 8.65. The molecule has 0 unspecified atom stereocenters. The van der Waals surface area contributed by atoms with E-state index in [4.69, 9.17) is 0 Å². The zero-order valence-electron chi connectivity index (χ0n) is 7.83. The third-order valence-corrected chi connectivity index (χ3v) is 2.03. The number of nitrogens with one attached hydrogen (secondary N) is 2. The molecule has 0 aliphatic carbocycles. The van der Waals surface area contributed by atoms with Crippen molar-refractivity contribution in [1.29, 1.82) is 0 Å². The molecular weight excluding hydrogens is 264 g/mol. The van der Waals surface area contributed by atoms with Gasteiger partial charge in [-0.05, 0) is 34.6 Å². The number of aromatic nitrogens is 1. The Balaban J connectivity index is 0.000000500. The third kappa shape index (κ3) is 5.98. The van der Waals surface area contributed by atoms with Crippen LogP contribution in [0.5, 0.6) is 0 Å². The maximum absolute atomic E-state index is 4.54. The number of nitrogens with two attached hydrogens (primary N) is 1. The fourth-order valence-corrected chi connectivity index (χ4v) is 1.12. The second-order valence-corrected chi connectivity index (χ2v) is 3.33. The van der Waals surface area contributed by atoms with E-state index < -0.39 is 0 Å². The van der Waals surface area contributed by atoms with Crippen molar-refractivity contribution < 1.29 is 0 Å². The van der Waals surface area contributed by atoms with E-state index in [2.05, 4.69) is 49.7 Å². The summed E-state index contributed by atoms with van der Waals surface area (Å²) in [5, 5.41) is 0. The van der Waals surface area contributed by atoms with Gasteiger partial charge in [0.15, 0.2) is 0 Å². The largest absolute Gasteiger partial charge is 0.396 e. The van der Waals surface area contributed by atoms with Gasteiger partial charge in [-0.15, -0.1) is 0 Å². The predicted octanol–water partition coefficient (Wildman–Crippen LogP) is 0.970. The molecule has 14 heavy (non-hydrogen) atoms. The Morgan fingerprint density at radius 3 is 2.86 bits per heavy atom. The standard InChI is InChI=1S/C7H10BrN3.CH3NS/c1-9-11-4-6-2-3-10-5-7(6)8;2-1-3/h2-3,5,9,11H,4H2,1H3;1H,(H2,2,3). The lowest BCUT2D eigenvalue weighted by molar-refractivity contribution is 0.595. The van der Waals surface area contributed by atoms with Gasteiger partial charge in [-0.25, -0.2) is 0 Å². The van der Waals surface area contributed by atoms with Crippen LogP contribution in [0.25, 0.3) is 0 Å². The molecule has 0 spiro atoms. The highest BCUT2D eigenvalue weighted by Crippen LogP contribution is 2.13. The molecule has 0 saturated carbocycles. The molecule has 4 N–H and O–H groups in total. The van der Waals surface area contributed by atoms with Crippen molar-refractivity contribution in [2.45, 2.75) is 6.54 Å². The van der Waals surface area contributed by atoms with Gasteiger partial charge in [-0.3, -0.25) is 15.8 Å². The van der Waals surface area contributed by atoms with Crippen LogP contribution in [0.15, 0.2) is 22.9 Å². The van der Waals surface area contributed by atoms with Crippen LogP contribution in [0.3, 0.4) is 0 Å². The summed E-state index contributed by atoms with van der Waals surface area (Å²) in [5.41, 5.74) is 12.7. The zero-order chi connectivity index (χ0) is 10.8. The summed E-state index contributed by atoms with van der Waals surface area (Å²) in [5.74, 6) is 0. The van der Waals surface area contributed by atoms with Crippen LogP contribution >= 0.6 is 28.1 Å². The van der Waals surface area contributed by atoms with Crippen LogP contribution in [0.4, 0.5) is 0 Å². The molecule has 0 aromatic carbocycles. The molecule has 4 nitrogen and oxygen atoms in total. The molecule has 0 atom stereocenters. The summed E-state index contributed by atoms with van der Waals surface area (Å²) in [6.45, 7) is 0.791. The maximum atomic E-state index is 4.54. The molecule has 0 amide bonds. The van der Waals surface area contributed by atoms with Gasteiger partial charge in [-0.2, -0.15) is 0 Å². The highest BCUT2D eigenvalue weighted by molar-refractivity contribution is 9.10. The van der Waals surface area contributed by atoms with Crippen LogP contribution in [0.2, 0.25) is 0 Å². The first-order chi connectivity index (χ1) is 6.76. The molecule has 78 valence electrons. The molecule has 0 fully saturated rings. The van der Waals surface area contributed by atoms with E-state index in [0.29, 0.717) is 0 Å². The molecule has 0 aliphatic rings. The molecule has 0 saturated heterocycles. The lowest BCUT2D eigenvalue weighted by Crippen LogP contribution is -2.26. The molecule has 6 heteroatoms. The van der Waals surface area contributed by atoms with Gasteiger partial charge < -0.3 is 5.73 Å². The van der Waals surface area contributed by atoms with Crippen molar-refractivity contribution in [2.24, 2.45) is 5.73 Å². The van der Waals surface area contributed by atoms with Gasteiger partial charge in [0.25, 0.3) is 0 Å². The van der Waals surface area contributed by atoms with Crippen molar-refractivity contribution in [2.75, 3.05) is 7.05 Å². The number of halogens is 1. The number of hydrazine groups is 1. The highest BCUT2D eigenvalue weighted by atomic mass is 79.9. The summed E-state index contributed by atoms with van der Waals surface area (Å²) in [4.78, 5) is 3.96. The first-order valence-electron chi connectivity index (χ1n) is 3.89. The number of hydrogen-bond donors (Lipinski definition) is 3. The molecule has 1 aromatic heterocycles. The van der Waals surface area contributed by atoms with Gasteiger partial charge in [-0.1, -0.05) is 12.2 Å². The van der Waals surface area contributed by atoms with Crippen molar-refractivity contribution in [3.8, 4) is 0 Å². The minimum absolute atomic E-state index is 0.791. The van der Waals surface area contributed by atoms with Crippen LogP contribution in [0, 0.1) is 0 Å². The van der Waals surface area contributed by atoms with Gasteiger partial charge in [0.05, 0.1) is 5.49 Å². The SMILES string of the molecule is CNNCc1ccncc1Br.NC=S. The number of rotatable bonds is 3. The summed E-state index contributed by atoms with van der Waals surface area (Å²) in [6, 6.07) is 1.97. The Bertz CT molecular complexity index is 269. The molecule has 0 aliphatic heterocycles. The van der Waals surface area contributed by atoms with E-state index in [9.17, 15) is 0 Å². The van der Waals surface area contributed by atoms with E-state index in [0.717, 1.165) is 16.5 Å². The Labute approximate surface area is 97.4 Å². The fourth-order valence-electron chi connectivity index (χ4n) is 0.731. The van der Waals surface area contributed by atoms with Crippen LogP contribution < -0.4 is 16.6 Å². The van der Waals surface area contributed by atoms with Crippen molar-refractivity contribution >= 4 is 33.6 Å². The van der Waals surface area contributed by atoms with Gasteiger partial charge >= 0.3 is 0 Å². The number of pyridine rings is 1. The Morgan fingerprint density at radius 2 is 2.36 bits per heavy atom. The second-order valence-electron chi connectivity index (χ2n) is 2.21. The Hall–Kier alpha value is -0.560.